The first-order valence-corrected chi connectivity index (χ1v) is 8.67. The van der Waals surface area contributed by atoms with Crippen LogP contribution in [-0.4, -0.2) is 29.9 Å². The monoisotopic (exact) mass is 308 g/mol. The topological polar surface area (TPSA) is 32.3 Å². The lowest BCUT2D eigenvalue weighted by Crippen LogP contribution is -2.48. The average Bonchev–Trinajstić information content (AvgIpc) is 2.73. The Kier molecular flexibility index (Phi) is 5.10. The maximum absolute atomic E-state index is 12.3. The van der Waals surface area contributed by atoms with Crippen molar-refractivity contribution in [3.63, 3.8) is 0 Å². The third kappa shape index (κ3) is 4.30. The molecule has 3 nitrogen and oxygen atoms in total. The molecule has 0 aromatic carbocycles. The third-order valence-corrected chi connectivity index (χ3v) is 5.16. The standard InChI is InChI=1S/C17H28N2OS/c1-12-10-14(13(2)21-12)11-18-15-6-8-19(9-7-15)16(20)17(3,4)5/h10,15,18H,6-9,11H2,1-5H3. The molecule has 0 unspecified atom stereocenters. The van der Waals surface area contributed by atoms with Crippen molar-refractivity contribution in [3.8, 4) is 0 Å². The minimum atomic E-state index is -0.258. The van der Waals surface area contributed by atoms with E-state index in [4.69, 9.17) is 0 Å². The Labute approximate surface area is 132 Å². The minimum Gasteiger partial charge on any atom is -0.342 e. The summed E-state index contributed by atoms with van der Waals surface area (Å²) in [5.41, 5.74) is 1.16. The van der Waals surface area contributed by atoms with Crippen molar-refractivity contribution in [2.45, 2.75) is 60.0 Å². The van der Waals surface area contributed by atoms with Crippen LogP contribution in [0.15, 0.2) is 6.07 Å². The minimum absolute atomic E-state index is 0.258. The number of nitrogens with zero attached hydrogens (tertiary/aromatic N) is 1. The summed E-state index contributed by atoms with van der Waals surface area (Å²) in [6, 6.07) is 2.82. The van der Waals surface area contributed by atoms with Gasteiger partial charge in [-0.15, -0.1) is 11.3 Å². The predicted molar refractivity (Wildman–Crippen MR) is 89.7 cm³/mol. The van der Waals surface area contributed by atoms with Gasteiger partial charge >= 0.3 is 0 Å². The van der Waals surface area contributed by atoms with Crippen molar-refractivity contribution in [2.24, 2.45) is 5.41 Å². The van der Waals surface area contributed by atoms with E-state index in [2.05, 4.69) is 25.2 Å². The second-order valence-corrected chi connectivity index (χ2v) is 8.60. The van der Waals surface area contributed by atoms with Crippen LogP contribution in [0.4, 0.5) is 0 Å². The van der Waals surface area contributed by atoms with Crippen molar-refractivity contribution in [2.75, 3.05) is 13.1 Å². The molecule has 21 heavy (non-hydrogen) atoms. The molecule has 118 valence electrons. The molecule has 1 aliphatic heterocycles. The first kappa shape index (κ1) is 16.5. The molecule has 1 saturated heterocycles. The van der Waals surface area contributed by atoms with Gasteiger partial charge in [-0.3, -0.25) is 4.79 Å². The van der Waals surface area contributed by atoms with Crippen LogP contribution in [0.25, 0.3) is 0 Å². The van der Waals surface area contributed by atoms with Crippen LogP contribution in [0.1, 0.15) is 48.9 Å². The fourth-order valence-electron chi connectivity index (χ4n) is 2.87. The van der Waals surface area contributed by atoms with Crippen LogP contribution < -0.4 is 5.32 Å². The molecule has 2 rings (SSSR count). The van der Waals surface area contributed by atoms with E-state index in [1.807, 2.05) is 37.0 Å². The number of nitrogens with one attached hydrogen (secondary N) is 1. The van der Waals surface area contributed by atoms with E-state index >= 15 is 0 Å². The van der Waals surface area contributed by atoms with E-state index in [9.17, 15) is 4.79 Å². The molecule has 1 fully saturated rings. The summed E-state index contributed by atoms with van der Waals surface area (Å²) in [6.07, 6.45) is 2.12. The van der Waals surface area contributed by atoms with Crippen LogP contribution in [0, 0.1) is 19.3 Å². The van der Waals surface area contributed by atoms with E-state index in [1.165, 1.54) is 15.3 Å². The fourth-order valence-corrected chi connectivity index (χ4v) is 3.82. The number of aryl methyl sites for hydroxylation is 2. The van der Waals surface area contributed by atoms with Crippen molar-refractivity contribution in [1.82, 2.24) is 10.2 Å². The molecular weight excluding hydrogens is 280 g/mol. The molecule has 1 N–H and O–H groups in total. The van der Waals surface area contributed by atoms with E-state index < -0.39 is 0 Å². The number of likely N-dealkylation sites (tertiary alicyclic amines) is 1. The number of thiophene rings is 1. The van der Waals surface area contributed by atoms with Crippen LogP contribution >= 0.6 is 11.3 Å². The summed E-state index contributed by atoms with van der Waals surface area (Å²) in [4.78, 5) is 17.1. The van der Waals surface area contributed by atoms with Gasteiger partial charge in [0.1, 0.15) is 0 Å². The molecule has 1 aromatic heterocycles. The van der Waals surface area contributed by atoms with Crippen LogP contribution in [-0.2, 0) is 11.3 Å². The predicted octanol–water partition coefficient (Wildman–Crippen LogP) is 3.49. The van der Waals surface area contributed by atoms with Gasteiger partial charge in [0.2, 0.25) is 5.91 Å². The Morgan fingerprint density at radius 3 is 2.43 bits per heavy atom. The number of hydrogen-bond donors (Lipinski definition) is 1. The molecule has 0 atom stereocenters. The highest BCUT2D eigenvalue weighted by molar-refractivity contribution is 7.12. The second-order valence-electron chi connectivity index (χ2n) is 7.14. The van der Waals surface area contributed by atoms with Gasteiger partial charge in [0.15, 0.2) is 0 Å². The van der Waals surface area contributed by atoms with Gasteiger partial charge in [-0.2, -0.15) is 0 Å². The molecule has 0 aliphatic carbocycles. The van der Waals surface area contributed by atoms with Gasteiger partial charge in [0.05, 0.1) is 0 Å². The number of piperidine rings is 1. The molecule has 0 saturated carbocycles. The van der Waals surface area contributed by atoms with Gasteiger partial charge in [-0.25, -0.2) is 0 Å². The number of carbonyl (C=O) groups is 1. The van der Waals surface area contributed by atoms with Gasteiger partial charge < -0.3 is 10.2 Å². The van der Waals surface area contributed by atoms with Gasteiger partial charge in [0.25, 0.3) is 0 Å². The Morgan fingerprint density at radius 2 is 1.95 bits per heavy atom. The first-order chi connectivity index (χ1) is 9.77. The van der Waals surface area contributed by atoms with Crippen molar-refractivity contribution in [3.05, 3.63) is 21.4 Å². The lowest BCUT2D eigenvalue weighted by molar-refractivity contribution is -0.140. The third-order valence-electron chi connectivity index (χ3n) is 4.15. The lowest BCUT2D eigenvalue weighted by atomic mass is 9.93. The van der Waals surface area contributed by atoms with Gasteiger partial charge in [-0.05, 0) is 38.3 Å². The molecule has 1 aliphatic rings. The van der Waals surface area contributed by atoms with Gasteiger partial charge in [0, 0.05) is 40.8 Å². The summed E-state index contributed by atoms with van der Waals surface area (Å²) in [5.74, 6) is 0.283. The number of hydrogen-bond acceptors (Lipinski definition) is 3. The first-order valence-electron chi connectivity index (χ1n) is 7.86. The summed E-state index contributed by atoms with van der Waals surface area (Å²) in [7, 11) is 0. The van der Waals surface area contributed by atoms with Crippen LogP contribution in [0.3, 0.4) is 0 Å². The SMILES string of the molecule is Cc1cc(CNC2CCN(C(=O)C(C)(C)C)CC2)c(C)s1. The van der Waals surface area contributed by atoms with Crippen molar-refractivity contribution >= 4 is 17.2 Å². The maximum Gasteiger partial charge on any atom is 0.227 e. The number of amides is 1. The van der Waals surface area contributed by atoms with Crippen LogP contribution in [0.5, 0.6) is 0 Å². The molecule has 0 bridgehead atoms. The summed E-state index contributed by atoms with van der Waals surface area (Å²) < 4.78 is 0. The van der Waals surface area contributed by atoms with Crippen LogP contribution in [0.2, 0.25) is 0 Å². The smallest absolute Gasteiger partial charge is 0.227 e. The van der Waals surface area contributed by atoms with E-state index in [1.54, 1.807) is 0 Å². The Morgan fingerprint density at radius 1 is 1.33 bits per heavy atom. The number of carbonyl (C=O) groups excluding carboxylic acids is 1. The molecule has 1 aromatic rings. The molecule has 0 spiro atoms. The zero-order chi connectivity index (χ0) is 15.6. The Hall–Kier alpha value is -0.870. The zero-order valence-corrected chi connectivity index (χ0v) is 14.8. The number of rotatable bonds is 3. The highest BCUT2D eigenvalue weighted by Gasteiger charge is 2.30. The lowest BCUT2D eigenvalue weighted by Gasteiger charge is -2.36. The van der Waals surface area contributed by atoms with E-state index in [0.29, 0.717) is 6.04 Å². The Bertz CT molecular complexity index is 493. The van der Waals surface area contributed by atoms with Crippen molar-refractivity contribution in [1.29, 1.82) is 0 Å². The van der Waals surface area contributed by atoms with E-state index in [-0.39, 0.29) is 11.3 Å². The van der Waals surface area contributed by atoms with E-state index in [0.717, 1.165) is 32.5 Å². The summed E-state index contributed by atoms with van der Waals surface area (Å²) in [6.45, 7) is 13.1. The normalized spacial score (nSPS) is 17.3. The van der Waals surface area contributed by atoms with Crippen molar-refractivity contribution < 1.29 is 4.79 Å². The summed E-state index contributed by atoms with van der Waals surface area (Å²) in [5, 5.41) is 3.66. The second kappa shape index (κ2) is 6.49. The maximum atomic E-state index is 12.3. The zero-order valence-electron chi connectivity index (χ0n) is 14.0. The highest BCUT2D eigenvalue weighted by Crippen LogP contribution is 2.23. The average molecular weight is 308 g/mol. The Balaban J connectivity index is 1.79. The molecule has 1 amide bonds. The molecular formula is C17H28N2OS. The molecule has 2 heterocycles. The summed E-state index contributed by atoms with van der Waals surface area (Å²) >= 11 is 1.87. The fraction of sp³-hybridized carbons (Fsp3) is 0.706. The highest BCUT2D eigenvalue weighted by atomic mass is 32.1. The largest absolute Gasteiger partial charge is 0.342 e. The van der Waals surface area contributed by atoms with Gasteiger partial charge in [-0.1, -0.05) is 20.8 Å². The molecule has 0 radical (unpaired) electrons. The quantitative estimate of drug-likeness (QED) is 0.927. The molecule has 4 heteroatoms.